The molecule has 2 atom stereocenters. The fourth-order valence-electron chi connectivity index (χ4n) is 1.44. The van der Waals surface area contributed by atoms with E-state index in [0.29, 0.717) is 6.54 Å². The van der Waals surface area contributed by atoms with E-state index in [-0.39, 0.29) is 22.8 Å². The minimum Gasteiger partial charge on any atom is -0.379 e. The molecule has 0 aromatic heterocycles. The van der Waals surface area contributed by atoms with E-state index in [0.717, 1.165) is 0 Å². The first-order valence-electron chi connectivity index (χ1n) is 6.06. The highest BCUT2D eigenvalue weighted by Gasteiger charge is 2.29. The van der Waals surface area contributed by atoms with Crippen LogP contribution in [-0.4, -0.2) is 31.7 Å². The molecule has 0 radical (unpaired) electrons. The van der Waals surface area contributed by atoms with E-state index in [1.807, 2.05) is 20.8 Å². The second-order valence-corrected chi connectivity index (χ2v) is 6.68. The normalized spacial score (nSPS) is 16.5. The van der Waals surface area contributed by atoms with Gasteiger partial charge in [-0.15, -0.1) is 0 Å². The molecule has 0 aliphatic rings. The fourth-order valence-corrected chi connectivity index (χ4v) is 1.44. The molecule has 102 valence electrons. The number of carbonyl (C=O) groups excluding carboxylic acids is 1. The number of rotatable bonds is 4. The lowest BCUT2D eigenvalue weighted by molar-refractivity contribution is -0.125. The minimum atomic E-state index is -0.500. The minimum absolute atomic E-state index is 0.00609. The SMILES string of the molecule is COC(CNC(=O)[C@@H](N)C(C)(C)C)C(C)(C)C. The standard InChI is InChI=1S/C13H28N2O2/c1-12(2,3)9(17-7)8-15-11(16)10(14)13(4,5)6/h9-10H,8,14H2,1-7H3,(H,15,16)/t9?,10-/m1/s1. The first kappa shape index (κ1) is 16.4. The van der Waals surface area contributed by atoms with E-state index in [2.05, 4.69) is 26.1 Å². The lowest BCUT2D eigenvalue weighted by Gasteiger charge is -2.31. The Morgan fingerprint density at radius 3 is 1.94 bits per heavy atom. The van der Waals surface area contributed by atoms with Crippen LogP contribution in [0.5, 0.6) is 0 Å². The second kappa shape index (κ2) is 5.83. The Morgan fingerprint density at radius 2 is 1.65 bits per heavy atom. The zero-order valence-electron chi connectivity index (χ0n) is 12.3. The summed E-state index contributed by atoms with van der Waals surface area (Å²) in [5.74, 6) is -0.121. The third-order valence-corrected chi connectivity index (χ3v) is 2.93. The third-order valence-electron chi connectivity index (χ3n) is 2.93. The van der Waals surface area contributed by atoms with Gasteiger partial charge in [-0.05, 0) is 10.8 Å². The quantitative estimate of drug-likeness (QED) is 0.788. The number of nitrogens with two attached hydrogens (primary N) is 1. The van der Waals surface area contributed by atoms with Crippen LogP contribution in [0.3, 0.4) is 0 Å². The van der Waals surface area contributed by atoms with E-state index >= 15 is 0 Å². The molecule has 0 saturated carbocycles. The summed E-state index contributed by atoms with van der Waals surface area (Å²) in [7, 11) is 1.66. The molecule has 0 spiro atoms. The number of nitrogens with one attached hydrogen (secondary N) is 1. The van der Waals surface area contributed by atoms with E-state index in [1.165, 1.54) is 0 Å². The first-order chi connectivity index (χ1) is 7.50. The van der Waals surface area contributed by atoms with E-state index < -0.39 is 6.04 Å². The smallest absolute Gasteiger partial charge is 0.237 e. The molecule has 4 heteroatoms. The monoisotopic (exact) mass is 244 g/mol. The van der Waals surface area contributed by atoms with Crippen LogP contribution in [0.1, 0.15) is 41.5 Å². The number of methoxy groups -OCH3 is 1. The van der Waals surface area contributed by atoms with Crippen molar-refractivity contribution in [3.63, 3.8) is 0 Å². The Labute approximate surface area is 105 Å². The summed E-state index contributed by atoms with van der Waals surface area (Å²) in [5, 5.41) is 2.86. The van der Waals surface area contributed by atoms with Crippen LogP contribution in [0.2, 0.25) is 0 Å². The van der Waals surface area contributed by atoms with Crippen LogP contribution >= 0.6 is 0 Å². The van der Waals surface area contributed by atoms with Crippen molar-refractivity contribution >= 4 is 5.91 Å². The molecule has 0 saturated heterocycles. The molecule has 0 bridgehead atoms. The van der Waals surface area contributed by atoms with Gasteiger partial charge in [0.1, 0.15) is 0 Å². The number of hydrogen-bond donors (Lipinski definition) is 2. The van der Waals surface area contributed by atoms with Crippen LogP contribution in [0, 0.1) is 10.8 Å². The highest BCUT2D eigenvalue weighted by Crippen LogP contribution is 2.21. The number of amides is 1. The van der Waals surface area contributed by atoms with Crippen LogP contribution < -0.4 is 11.1 Å². The van der Waals surface area contributed by atoms with Gasteiger partial charge < -0.3 is 15.8 Å². The summed E-state index contributed by atoms with van der Waals surface area (Å²) in [4.78, 5) is 11.8. The van der Waals surface area contributed by atoms with Gasteiger partial charge in [0, 0.05) is 13.7 Å². The molecule has 0 heterocycles. The Morgan fingerprint density at radius 1 is 1.18 bits per heavy atom. The summed E-state index contributed by atoms with van der Waals surface area (Å²) in [6.07, 6.45) is -0.0152. The molecule has 17 heavy (non-hydrogen) atoms. The molecule has 1 unspecified atom stereocenters. The van der Waals surface area contributed by atoms with Gasteiger partial charge in [-0.3, -0.25) is 4.79 Å². The predicted molar refractivity (Wildman–Crippen MR) is 70.7 cm³/mol. The Balaban J connectivity index is 4.34. The van der Waals surface area contributed by atoms with E-state index in [4.69, 9.17) is 10.5 Å². The van der Waals surface area contributed by atoms with Crippen molar-refractivity contribution in [2.45, 2.75) is 53.7 Å². The lowest BCUT2D eigenvalue weighted by atomic mass is 9.86. The van der Waals surface area contributed by atoms with Gasteiger partial charge in [0.25, 0.3) is 0 Å². The van der Waals surface area contributed by atoms with Gasteiger partial charge in [0.15, 0.2) is 0 Å². The maximum Gasteiger partial charge on any atom is 0.237 e. The summed E-state index contributed by atoms with van der Waals surface area (Å²) in [6.45, 7) is 12.6. The summed E-state index contributed by atoms with van der Waals surface area (Å²) < 4.78 is 5.37. The molecule has 0 rings (SSSR count). The van der Waals surface area contributed by atoms with Crippen molar-refractivity contribution in [2.75, 3.05) is 13.7 Å². The largest absolute Gasteiger partial charge is 0.379 e. The molecular weight excluding hydrogens is 216 g/mol. The van der Waals surface area contributed by atoms with Crippen molar-refractivity contribution in [3.05, 3.63) is 0 Å². The van der Waals surface area contributed by atoms with Crippen molar-refractivity contribution in [3.8, 4) is 0 Å². The summed E-state index contributed by atoms with van der Waals surface area (Å²) in [6, 6.07) is -0.500. The average Bonchev–Trinajstić information content (AvgIpc) is 2.13. The zero-order chi connectivity index (χ0) is 13.9. The van der Waals surface area contributed by atoms with Crippen molar-refractivity contribution in [2.24, 2.45) is 16.6 Å². The molecular formula is C13H28N2O2. The van der Waals surface area contributed by atoms with Gasteiger partial charge >= 0.3 is 0 Å². The van der Waals surface area contributed by atoms with Crippen molar-refractivity contribution in [1.82, 2.24) is 5.32 Å². The molecule has 0 aromatic carbocycles. The van der Waals surface area contributed by atoms with Crippen molar-refractivity contribution < 1.29 is 9.53 Å². The maximum atomic E-state index is 11.8. The topological polar surface area (TPSA) is 64.3 Å². The summed E-state index contributed by atoms with van der Waals surface area (Å²) >= 11 is 0. The molecule has 3 N–H and O–H groups in total. The fraction of sp³-hybridized carbons (Fsp3) is 0.923. The van der Waals surface area contributed by atoms with Crippen LogP contribution in [0.25, 0.3) is 0 Å². The highest BCUT2D eigenvalue weighted by atomic mass is 16.5. The maximum absolute atomic E-state index is 11.8. The second-order valence-electron chi connectivity index (χ2n) is 6.68. The summed E-state index contributed by atoms with van der Waals surface area (Å²) in [5.41, 5.74) is 5.64. The Kier molecular flexibility index (Phi) is 5.62. The molecule has 0 aromatic rings. The highest BCUT2D eigenvalue weighted by molar-refractivity contribution is 5.82. The van der Waals surface area contributed by atoms with Gasteiger partial charge in [0.2, 0.25) is 5.91 Å². The Bertz CT molecular complexity index is 251. The molecule has 0 aliphatic carbocycles. The zero-order valence-corrected chi connectivity index (χ0v) is 12.3. The predicted octanol–water partition coefficient (Wildman–Crippen LogP) is 1.54. The number of ether oxygens (including phenoxy) is 1. The van der Waals surface area contributed by atoms with Gasteiger partial charge in [-0.25, -0.2) is 0 Å². The third kappa shape index (κ3) is 5.50. The van der Waals surface area contributed by atoms with Gasteiger partial charge in [-0.2, -0.15) is 0 Å². The number of carbonyl (C=O) groups is 1. The molecule has 0 aliphatic heterocycles. The molecule has 4 nitrogen and oxygen atoms in total. The Hall–Kier alpha value is -0.610. The van der Waals surface area contributed by atoms with Crippen LogP contribution in [0.15, 0.2) is 0 Å². The first-order valence-corrected chi connectivity index (χ1v) is 6.06. The molecule has 0 fully saturated rings. The van der Waals surface area contributed by atoms with Crippen LogP contribution in [0.4, 0.5) is 0 Å². The lowest BCUT2D eigenvalue weighted by Crippen LogP contribution is -2.51. The molecule has 1 amide bonds. The van der Waals surface area contributed by atoms with Gasteiger partial charge in [0.05, 0.1) is 12.1 Å². The van der Waals surface area contributed by atoms with E-state index in [1.54, 1.807) is 7.11 Å². The van der Waals surface area contributed by atoms with Crippen molar-refractivity contribution in [1.29, 1.82) is 0 Å². The average molecular weight is 244 g/mol. The van der Waals surface area contributed by atoms with Crippen LogP contribution in [-0.2, 0) is 9.53 Å². The number of hydrogen-bond acceptors (Lipinski definition) is 3. The van der Waals surface area contributed by atoms with Gasteiger partial charge in [-0.1, -0.05) is 41.5 Å². The van der Waals surface area contributed by atoms with E-state index in [9.17, 15) is 4.79 Å².